The van der Waals surface area contributed by atoms with Gasteiger partial charge in [0.25, 0.3) is 11.6 Å². The zero-order valence-corrected chi connectivity index (χ0v) is 11.4. The number of alkyl halides is 1. The van der Waals surface area contributed by atoms with Crippen LogP contribution in [-0.2, 0) is 0 Å². The van der Waals surface area contributed by atoms with Gasteiger partial charge in [-0.2, -0.15) is 0 Å². The van der Waals surface area contributed by atoms with E-state index in [1.54, 1.807) is 0 Å². The lowest BCUT2D eigenvalue weighted by atomic mass is 10.1. The molecule has 7 heteroatoms. The highest BCUT2D eigenvalue weighted by Crippen LogP contribution is 2.27. The number of hydrogen-bond donors (Lipinski definition) is 1. The van der Waals surface area contributed by atoms with Gasteiger partial charge in [0.1, 0.15) is 5.82 Å². The molecular weight excluding hydrogens is 287 g/mol. The van der Waals surface area contributed by atoms with E-state index < -0.39 is 22.3 Å². The average Bonchev–Trinajstić information content (AvgIpc) is 2.85. The van der Waals surface area contributed by atoms with Gasteiger partial charge in [-0.1, -0.05) is 6.42 Å². The van der Waals surface area contributed by atoms with Gasteiger partial charge in [-0.05, 0) is 24.8 Å². The number of hydrogen-bond acceptors (Lipinski definition) is 3. The molecule has 1 aromatic rings. The predicted octanol–water partition coefficient (Wildman–Crippen LogP) is 2.87. The van der Waals surface area contributed by atoms with Gasteiger partial charge in [0.15, 0.2) is 0 Å². The summed E-state index contributed by atoms with van der Waals surface area (Å²) in [5.74, 6) is -0.655. The molecule has 1 fully saturated rings. The topological polar surface area (TPSA) is 72.2 Å². The fraction of sp³-hybridized carbons (Fsp3) is 0.462. The van der Waals surface area contributed by atoms with Crippen molar-refractivity contribution in [1.29, 1.82) is 0 Å². The van der Waals surface area contributed by atoms with Crippen LogP contribution < -0.4 is 5.32 Å². The fourth-order valence-electron chi connectivity index (χ4n) is 2.47. The van der Waals surface area contributed by atoms with Crippen molar-refractivity contribution in [2.75, 3.05) is 5.88 Å². The van der Waals surface area contributed by atoms with E-state index >= 15 is 0 Å². The summed E-state index contributed by atoms with van der Waals surface area (Å²) in [6.45, 7) is 0. The van der Waals surface area contributed by atoms with Crippen LogP contribution in [0.2, 0.25) is 0 Å². The number of nitro groups is 1. The van der Waals surface area contributed by atoms with Gasteiger partial charge < -0.3 is 5.32 Å². The summed E-state index contributed by atoms with van der Waals surface area (Å²) in [5.41, 5.74) is -0.479. The smallest absolute Gasteiger partial charge is 0.273 e. The van der Waals surface area contributed by atoms with Crippen molar-refractivity contribution in [1.82, 2.24) is 5.32 Å². The molecular formula is C13H14ClFN2O3. The summed E-state index contributed by atoms with van der Waals surface area (Å²) in [6, 6.07) is 2.80. The standard InChI is InChI=1S/C13H14ClFN2O3/c14-7-8-2-1-3-12(8)16-13(18)9-4-10(15)6-11(5-9)17(19)20/h4-6,8,12H,1-3,7H2,(H,16,18). The van der Waals surface area contributed by atoms with Crippen molar-refractivity contribution < 1.29 is 14.1 Å². The number of carbonyl (C=O) groups excluding carboxylic acids is 1. The van der Waals surface area contributed by atoms with Crippen molar-refractivity contribution >= 4 is 23.2 Å². The molecule has 0 heterocycles. The Bertz CT molecular complexity index is 538. The van der Waals surface area contributed by atoms with Crippen molar-refractivity contribution in [2.45, 2.75) is 25.3 Å². The Morgan fingerprint density at radius 2 is 2.20 bits per heavy atom. The number of nitrogens with zero attached hydrogens (tertiary/aromatic N) is 1. The van der Waals surface area contributed by atoms with E-state index in [-0.39, 0.29) is 17.5 Å². The normalized spacial score (nSPS) is 21.7. The number of nitrogens with one attached hydrogen (secondary N) is 1. The first-order valence-corrected chi connectivity index (χ1v) is 6.86. The summed E-state index contributed by atoms with van der Waals surface area (Å²) < 4.78 is 13.3. The maximum atomic E-state index is 13.3. The van der Waals surface area contributed by atoms with Crippen LogP contribution in [-0.4, -0.2) is 22.8 Å². The van der Waals surface area contributed by atoms with Crippen LogP contribution in [0.25, 0.3) is 0 Å². The zero-order chi connectivity index (χ0) is 14.7. The molecule has 0 aliphatic heterocycles. The second-order valence-electron chi connectivity index (χ2n) is 4.88. The molecule has 0 saturated heterocycles. The number of amides is 1. The molecule has 20 heavy (non-hydrogen) atoms. The molecule has 0 radical (unpaired) electrons. The van der Waals surface area contributed by atoms with Crippen molar-refractivity contribution in [2.24, 2.45) is 5.92 Å². The average molecular weight is 301 g/mol. The third-order valence-corrected chi connectivity index (χ3v) is 3.93. The lowest BCUT2D eigenvalue weighted by Crippen LogP contribution is -2.38. The minimum atomic E-state index is -0.801. The minimum Gasteiger partial charge on any atom is -0.349 e. The first kappa shape index (κ1) is 14.7. The van der Waals surface area contributed by atoms with E-state index in [1.807, 2.05) is 0 Å². The van der Waals surface area contributed by atoms with E-state index in [2.05, 4.69) is 5.32 Å². The van der Waals surface area contributed by atoms with E-state index in [0.29, 0.717) is 5.88 Å². The number of non-ortho nitro benzene ring substituents is 1. The van der Waals surface area contributed by atoms with Crippen LogP contribution in [0, 0.1) is 21.8 Å². The Kier molecular flexibility index (Phi) is 4.54. The second-order valence-corrected chi connectivity index (χ2v) is 5.19. The molecule has 1 saturated carbocycles. The van der Waals surface area contributed by atoms with Crippen LogP contribution in [0.5, 0.6) is 0 Å². The molecule has 1 aliphatic rings. The number of rotatable bonds is 4. The van der Waals surface area contributed by atoms with Crippen LogP contribution in [0.1, 0.15) is 29.6 Å². The van der Waals surface area contributed by atoms with Gasteiger partial charge in [-0.15, -0.1) is 11.6 Å². The van der Waals surface area contributed by atoms with Crippen molar-refractivity contribution in [3.63, 3.8) is 0 Å². The molecule has 2 rings (SSSR count). The highest BCUT2D eigenvalue weighted by atomic mass is 35.5. The molecule has 2 atom stereocenters. The van der Waals surface area contributed by atoms with E-state index in [9.17, 15) is 19.3 Å². The van der Waals surface area contributed by atoms with Crippen molar-refractivity contribution in [3.05, 3.63) is 39.7 Å². The van der Waals surface area contributed by atoms with Gasteiger partial charge >= 0.3 is 0 Å². The molecule has 1 aromatic carbocycles. The first-order valence-electron chi connectivity index (χ1n) is 6.33. The van der Waals surface area contributed by atoms with Crippen molar-refractivity contribution in [3.8, 4) is 0 Å². The second kappa shape index (κ2) is 6.17. The Hall–Kier alpha value is -1.69. The SMILES string of the molecule is O=C(NC1CCCC1CCl)c1cc(F)cc([N+](=O)[O-])c1. The highest BCUT2D eigenvalue weighted by Gasteiger charge is 2.28. The lowest BCUT2D eigenvalue weighted by Gasteiger charge is -2.18. The fourth-order valence-corrected chi connectivity index (χ4v) is 2.84. The Morgan fingerprint density at radius 1 is 1.45 bits per heavy atom. The largest absolute Gasteiger partial charge is 0.349 e. The Labute approximate surface area is 120 Å². The van der Waals surface area contributed by atoms with Gasteiger partial charge in [0, 0.05) is 23.6 Å². The van der Waals surface area contributed by atoms with E-state index in [1.165, 1.54) is 0 Å². The molecule has 1 amide bonds. The van der Waals surface area contributed by atoms with Gasteiger partial charge in [-0.3, -0.25) is 14.9 Å². The van der Waals surface area contributed by atoms with Crippen LogP contribution in [0.15, 0.2) is 18.2 Å². The molecule has 108 valence electrons. The molecule has 2 unspecified atom stereocenters. The summed E-state index contributed by atoms with van der Waals surface area (Å²) in [6.07, 6.45) is 2.74. The van der Waals surface area contributed by atoms with Crippen LogP contribution in [0.3, 0.4) is 0 Å². The van der Waals surface area contributed by atoms with Crippen LogP contribution >= 0.6 is 11.6 Å². The molecule has 0 bridgehead atoms. The predicted molar refractivity (Wildman–Crippen MR) is 72.4 cm³/mol. The highest BCUT2D eigenvalue weighted by molar-refractivity contribution is 6.18. The van der Waals surface area contributed by atoms with Gasteiger partial charge in [0.2, 0.25) is 0 Å². The third-order valence-electron chi connectivity index (χ3n) is 3.53. The summed E-state index contributed by atoms with van der Waals surface area (Å²) in [4.78, 5) is 22.0. The zero-order valence-electron chi connectivity index (χ0n) is 10.6. The maximum Gasteiger partial charge on any atom is 0.273 e. The van der Waals surface area contributed by atoms with Gasteiger partial charge in [0.05, 0.1) is 11.0 Å². The molecule has 0 spiro atoms. The third kappa shape index (κ3) is 3.25. The molecule has 1 aliphatic carbocycles. The quantitative estimate of drug-likeness (QED) is 0.528. The minimum absolute atomic E-state index is 0.0445. The number of nitro benzene ring substituents is 1. The molecule has 0 aromatic heterocycles. The first-order chi connectivity index (χ1) is 9.51. The van der Waals surface area contributed by atoms with E-state index in [0.717, 1.165) is 37.5 Å². The lowest BCUT2D eigenvalue weighted by molar-refractivity contribution is -0.385. The van der Waals surface area contributed by atoms with E-state index in [4.69, 9.17) is 11.6 Å². The Balaban J connectivity index is 2.15. The maximum absolute atomic E-state index is 13.3. The van der Waals surface area contributed by atoms with Gasteiger partial charge in [-0.25, -0.2) is 4.39 Å². The number of benzene rings is 1. The summed E-state index contributed by atoms with van der Waals surface area (Å²) >= 11 is 5.82. The summed E-state index contributed by atoms with van der Waals surface area (Å²) in [7, 11) is 0. The summed E-state index contributed by atoms with van der Waals surface area (Å²) in [5, 5.41) is 13.4. The molecule has 1 N–H and O–H groups in total. The Morgan fingerprint density at radius 3 is 2.85 bits per heavy atom. The molecule has 5 nitrogen and oxygen atoms in total. The number of carbonyl (C=O) groups is 1. The monoisotopic (exact) mass is 300 g/mol. The van der Waals surface area contributed by atoms with Crippen LogP contribution in [0.4, 0.5) is 10.1 Å². The number of halogens is 2.